The number of carbonyl (C=O) groups is 2. The molecule has 2 fully saturated rings. The second kappa shape index (κ2) is 8.60. The highest BCUT2D eigenvalue weighted by Gasteiger charge is 2.77. The first-order valence-electron chi connectivity index (χ1n) is 13.0. The van der Waals surface area contributed by atoms with Gasteiger partial charge in [0.15, 0.2) is 25.8 Å². The molecule has 3 rings (SSSR count). The van der Waals surface area contributed by atoms with Gasteiger partial charge in [0, 0.05) is 6.42 Å². The van der Waals surface area contributed by atoms with Gasteiger partial charge >= 0.3 is 5.97 Å². The van der Waals surface area contributed by atoms with Crippen molar-refractivity contribution < 1.29 is 33.7 Å². The van der Waals surface area contributed by atoms with E-state index in [2.05, 4.69) is 54.3 Å². The van der Waals surface area contributed by atoms with Gasteiger partial charge in [-0.15, -0.1) is 6.58 Å². The van der Waals surface area contributed by atoms with Crippen LogP contribution < -0.4 is 0 Å². The summed E-state index contributed by atoms with van der Waals surface area (Å²) in [4.78, 5) is 26.5. The quantitative estimate of drug-likeness (QED) is 0.312. The van der Waals surface area contributed by atoms with E-state index in [1.54, 1.807) is 19.9 Å². The van der Waals surface area contributed by atoms with E-state index >= 15 is 0 Å². The molecular weight excluding hydrogens is 476 g/mol. The summed E-state index contributed by atoms with van der Waals surface area (Å²) < 4.78 is 19.2. The largest absolute Gasteiger partial charge is 0.453 e. The molecule has 7 nitrogen and oxygen atoms in total. The fourth-order valence-electron chi connectivity index (χ4n) is 6.46. The van der Waals surface area contributed by atoms with Crippen molar-refractivity contribution in [2.75, 3.05) is 6.61 Å². The van der Waals surface area contributed by atoms with Crippen LogP contribution in [0.25, 0.3) is 0 Å². The topological polar surface area (TPSA) is 102 Å². The van der Waals surface area contributed by atoms with Crippen LogP contribution in [0.2, 0.25) is 18.1 Å². The first kappa shape index (κ1) is 29.2. The maximum absolute atomic E-state index is 14.2. The van der Waals surface area contributed by atoms with Crippen LogP contribution in [0.3, 0.4) is 0 Å². The van der Waals surface area contributed by atoms with Crippen LogP contribution >= 0.6 is 0 Å². The summed E-state index contributed by atoms with van der Waals surface area (Å²) in [5.74, 6) is -1.24. The molecule has 0 aromatic carbocycles. The van der Waals surface area contributed by atoms with Crippen molar-refractivity contribution >= 4 is 20.1 Å². The lowest BCUT2D eigenvalue weighted by molar-refractivity contribution is -0.304. The lowest BCUT2D eigenvalue weighted by Gasteiger charge is -2.68. The van der Waals surface area contributed by atoms with Gasteiger partial charge in [-0.05, 0) is 56.3 Å². The van der Waals surface area contributed by atoms with E-state index in [1.807, 2.05) is 13.0 Å². The van der Waals surface area contributed by atoms with Crippen molar-refractivity contribution in [3.05, 3.63) is 24.3 Å². The molecule has 0 aromatic rings. The Morgan fingerprint density at radius 3 is 2.33 bits per heavy atom. The predicted octanol–water partition coefficient (Wildman–Crippen LogP) is 4.47. The first-order valence-corrected chi connectivity index (χ1v) is 15.9. The normalized spacial score (nSPS) is 40.6. The zero-order valence-electron chi connectivity index (χ0n) is 23.8. The Balaban J connectivity index is 2.33. The SMILES string of the molecule is C=C[C@@]1(C)CC(=O)[C@@]2(O)[C@](C)(O1)[C@@H](OC(=O)CO)C=C1C(C)(C)CC[C@H](O[Si](C)(C)C(C)(C)C)[C@@]12C. The van der Waals surface area contributed by atoms with E-state index in [9.17, 15) is 19.8 Å². The van der Waals surface area contributed by atoms with Gasteiger partial charge in [-0.25, -0.2) is 4.79 Å². The number of aliphatic hydroxyl groups excluding tert-OH is 1. The third kappa shape index (κ3) is 3.99. The van der Waals surface area contributed by atoms with E-state index in [1.165, 1.54) is 0 Å². The molecule has 0 bridgehead atoms. The minimum absolute atomic E-state index is 0.0701. The number of esters is 1. The fraction of sp³-hybridized carbons (Fsp3) is 0.786. The van der Waals surface area contributed by atoms with Crippen LogP contribution in [0, 0.1) is 10.8 Å². The molecule has 0 unspecified atom stereocenters. The number of fused-ring (bicyclic) bond motifs is 3. The molecule has 1 saturated carbocycles. The number of aliphatic hydroxyl groups is 2. The molecule has 0 spiro atoms. The van der Waals surface area contributed by atoms with Crippen LogP contribution in [0.1, 0.15) is 74.7 Å². The van der Waals surface area contributed by atoms with Crippen LogP contribution in [-0.4, -0.2) is 65.9 Å². The van der Waals surface area contributed by atoms with E-state index in [-0.39, 0.29) is 11.5 Å². The highest BCUT2D eigenvalue weighted by atomic mass is 28.4. The molecular formula is C28H46O7Si. The molecule has 1 heterocycles. The van der Waals surface area contributed by atoms with Crippen molar-refractivity contribution in [1.82, 2.24) is 0 Å². The van der Waals surface area contributed by atoms with Crippen LogP contribution in [0.5, 0.6) is 0 Å². The second-order valence-corrected chi connectivity index (χ2v) is 18.4. The monoisotopic (exact) mass is 522 g/mol. The van der Waals surface area contributed by atoms with Gasteiger partial charge < -0.3 is 24.1 Å². The predicted molar refractivity (Wildman–Crippen MR) is 141 cm³/mol. The Morgan fingerprint density at radius 2 is 1.83 bits per heavy atom. The van der Waals surface area contributed by atoms with Crippen molar-refractivity contribution in [1.29, 1.82) is 0 Å². The van der Waals surface area contributed by atoms with Crippen LogP contribution in [0.4, 0.5) is 0 Å². The highest BCUT2D eigenvalue weighted by Crippen LogP contribution is 2.66. The van der Waals surface area contributed by atoms with Gasteiger partial charge in [-0.2, -0.15) is 0 Å². The van der Waals surface area contributed by atoms with Gasteiger partial charge in [0.25, 0.3) is 0 Å². The zero-order chi connectivity index (χ0) is 27.8. The zero-order valence-corrected chi connectivity index (χ0v) is 24.8. The Bertz CT molecular complexity index is 979. The van der Waals surface area contributed by atoms with Gasteiger partial charge in [0.1, 0.15) is 12.2 Å². The van der Waals surface area contributed by atoms with Gasteiger partial charge in [0.05, 0.1) is 17.1 Å². The maximum Gasteiger partial charge on any atom is 0.332 e. The summed E-state index contributed by atoms with van der Waals surface area (Å²) in [6, 6.07) is 0. The Morgan fingerprint density at radius 1 is 1.25 bits per heavy atom. The summed E-state index contributed by atoms with van der Waals surface area (Å²) >= 11 is 0. The van der Waals surface area contributed by atoms with Crippen molar-refractivity contribution in [2.45, 2.75) is 122 Å². The summed E-state index contributed by atoms with van der Waals surface area (Å²) in [5.41, 5.74) is -5.48. The summed E-state index contributed by atoms with van der Waals surface area (Å²) in [6.45, 7) is 23.3. The van der Waals surface area contributed by atoms with Gasteiger partial charge in [0.2, 0.25) is 0 Å². The Kier molecular flexibility index (Phi) is 6.98. The minimum atomic E-state index is -2.31. The molecule has 204 valence electrons. The molecule has 2 aliphatic carbocycles. The second-order valence-electron chi connectivity index (χ2n) is 13.7. The number of rotatable bonds is 5. The summed E-state index contributed by atoms with van der Waals surface area (Å²) in [7, 11) is -2.31. The fourth-order valence-corrected chi connectivity index (χ4v) is 7.88. The van der Waals surface area contributed by atoms with E-state index in [4.69, 9.17) is 13.9 Å². The summed E-state index contributed by atoms with van der Waals surface area (Å²) in [6.07, 6.45) is 3.22. The van der Waals surface area contributed by atoms with E-state index in [0.29, 0.717) is 6.42 Å². The molecule has 0 amide bonds. The standard InChI is InChI=1S/C28H46O7Si/c1-12-25(7)16-19(30)28(32)26(8)18(15-21(27(28,9)35-25)33-22(31)17-29)24(5,6)14-13-20(26)34-36(10,11)23(2,3)4/h12,15,20-21,29,32H,1,13-14,16-17H2,2-11H3/t20-,21-,25-,26+,27+,28-/m0/s1. The summed E-state index contributed by atoms with van der Waals surface area (Å²) in [5, 5.41) is 22.2. The Hall–Kier alpha value is -1.32. The van der Waals surface area contributed by atoms with E-state index < -0.39 is 66.5 Å². The van der Waals surface area contributed by atoms with Gasteiger partial charge in [-0.3, -0.25) is 4.79 Å². The molecule has 8 heteroatoms. The molecule has 1 aliphatic heterocycles. The average Bonchev–Trinajstić information content (AvgIpc) is 2.74. The molecule has 2 N–H and O–H groups in total. The molecule has 0 aromatic heterocycles. The third-order valence-corrected chi connectivity index (χ3v) is 14.2. The molecule has 36 heavy (non-hydrogen) atoms. The number of ketones is 1. The Labute approximate surface area is 217 Å². The average molecular weight is 523 g/mol. The van der Waals surface area contributed by atoms with Crippen LogP contribution in [-0.2, 0) is 23.5 Å². The lowest BCUT2D eigenvalue weighted by atomic mass is 9.44. The maximum atomic E-state index is 14.2. The minimum Gasteiger partial charge on any atom is -0.453 e. The molecule has 0 radical (unpaired) electrons. The van der Waals surface area contributed by atoms with Crippen molar-refractivity contribution in [3.63, 3.8) is 0 Å². The number of carbonyl (C=O) groups excluding carboxylic acids is 2. The number of ether oxygens (including phenoxy) is 2. The number of hydrogen-bond acceptors (Lipinski definition) is 7. The van der Waals surface area contributed by atoms with Crippen molar-refractivity contribution in [3.8, 4) is 0 Å². The highest BCUT2D eigenvalue weighted by molar-refractivity contribution is 6.74. The van der Waals surface area contributed by atoms with Crippen LogP contribution in [0.15, 0.2) is 24.3 Å². The smallest absolute Gasteiger partial charge is 0.332 e. The van der Waals surface area contributed by atoms with E-state index in [0.717, 1.165) is 12.0 Å². The third-order valence-electron chi connectivity index (χ3n) is 9.72. The van der Waals surface area contributed by atoms with Crippen molar-refractivity contribution in [2.24, 2.45) is 10.8 Å². The van der Waals surface area contributed by atoms with Gasteiger partial charge in [-0.1, -0.05) is 53.2 Å². The molecule has 1 saturated heterocycles. The first-order chi connectivity index (χ1) is 16.1. The molecule has 6 atom stereocenters. The molecule has 3 aliphatic rings. The lowest BCUT2D eigenvalue weighted by Crippen LogP contribution is -2.81. The number of Topliss-reactive ketones (excluding diaryl/α,β-unsaturated/α-hetero) is 1. The number of hydrogen-bond donors (Lipinski definition) is 2.